The van der Waals surface area contributed by atoms with Crippen molar-refractivity contribution in [3.8, 4) is 0 Å². The summed E-state index contributed by atoms with van der Waals surface area (Å²) >= 11 is 0. The van der Waals surface area contributed by atoms with Crippen LogP contribution < -0.4 is 15.1 Å². The molecule has 3 heterocycles. The summed E-state index contributed by atoms with van der Waals surface area (Å²) < 4.78 is 5.07. The predicted octanol–water partition coefficient (Wildman–Crippen LogP) is 2.98. The standard InChI is InChI=1S/C25H34N6O3/c1-5-20(6-2)31-22(24(33)34-4)15-18-16-26-25(28-23(18)31)27-19-7-9-21(10-8-19)30-13-11-29(12-14-30)17(3)32/h7-10,16,20,22H,5-6,11-15H2,1-4H3,(H,26,27,28). The van der Waals surface area contributed by atoms with Crippen LogP contribution in [-0.4, -0.2) is 72.1 Å². The Labute approximate surface area is 201 Å². The minimum Gasteiger partial charge on any atom is -0.467 e. The largest absolute Gasteiger partial charge is 0.467 e. The quantitative estimate of drug-likeness (QED) is 0.623. The van der Waals surface area contributed by atoms with E-state index < -0.39 is 0 Å². The Morgan fingerprint density at radius 1 is 1.12 bits per heavy atom. The SMILES string of the molecule is CCC(CC)N1c2nc(Nc3ccc(N4CCN(C(C)=O)CC4)cc3)ncc2CC1C(=O)OC. The molecule has 1 atom stereocenters. The molecule has 2 aliphatic rings. The number of amides is 1. The normalized spacial score (nSPS) is 17.7. The Kier molecular flexibility index (Phi) is 7.19. The van der Waals surface area contributed by atoms with Crippen molar-refractivity contribution in [1.82, 2.24) is 14.9 Å². The molecular formula is C25H34N6O3. The molecule has 0 bridgehead atoms. The molecule has 9 heteroatoms. The lowest BCUT2D eigenvalue weighted by Gasteiger charge is -2.35. The van der Waals surface area contributed by atoms with Gasteiger partial charge in [-0.3, -0.25) is 4.79 Å². The van der Waals surface area contributed by atoms with Crippen molar-refractivity contribution >= 4 is 35.0 Å². The van der Waals surface area contributed by atoms with Gasteiger partial charge in [0.1, 0.15) is 11.9 Å². The van der Waals surface area contributed by atoms with E-state index in [1.807, 2.05) is 23.2 Å². The van der Waals surface area contributed by atoms with Gasteiger partial charge >= 0.3 is 5.97 Å². The number of benzene rings is 1. The number of aromatic nitrogens is 2. The van der Waals surface area contributed by atoms with E-state index in [9.17, 15) is 9.59 Å². The van der Waals surface area contributed by atoms with E-state index in [1.54, 1.807) is 6.92 Å². The van der Waals surface area contributed by atoms with Gasteiger partial charge in [-0.25, -0.2) is 9.78 Å². The second-order valence-corrected chi connectivity index (χ2v) is 8.83. The number of piperazine rings is 1. The summed E-state index contributed by atoms with van der Waals surface area (Å²) in [6, 6.07) is 8.01. The van der Waals surface area contributed by atoms with E-state index in [1.165, 1.54) is 7.11 Å². The third-order valence-corrected chi connectivity index (χ3v) is 6.86. The number of nitrogens with one attached hydrogen (secondary N) is 1. The Morgan fingerprint density at radius 3 is 2.38 bits per heavy atom. The Balaban J connectivity index is 1.48. The van der Waals surface area contributed by atoms with Crippen molar-refractivity contribution in [3.05, 3.63) is 36.0 Å². The monoisotopic (exact) mass is 466 g/mol. The number of fused-ring (bicyclic) bond motifs is 1. The van der Waals surface area contributed by atoms with Crippen LogP contribution in [0.2, 0.25) is 0 Å². The molecule has 0 radical (unpaired) electrons. The van der Waals surface area contributed by atoms with Crippen LogP contribution in [0.4, 0.5) is 23.1 Å². The Morgan fingerprint density at radius 2 is 1.79 bits per heavy atom. The molecule has 1 fully saturated rings. The van der Waals surface area contributed by atoms with E-state index in [0.717, 1.165) is 61.8 Å². The number of carbonyl (C=O) groups is 2. The lowest BCUT2D eigenvalue weighted by atomic mass is 10.1. The number of hydrogen-bond acceptors (Lipinski definition) is 8. The number of ether oxygens (including phenoxy) is 1. The maximum atomic E-state index is 12.5. The smallest absolute Gasteiger partial charge is 0.328 e. The summed E-state index contributed by atoms with van der Waals surface area (Å²) in [6.45, 7) is 9.03. The number of nitrogens with zero attached hydrogens (tertiary/aromatic N) is 5. The zero-order chi connectivity index (χ0) is 24.2. The summed E-state index contributed by atoms with van der Waals surface area (Å²) in [4.78, 5) is 39.6. The van der Waals surface area contributed by atoms with E-state index in [2.05, 4.69) is 46.1 Å². The van der Waals surface area contributed by atoms with Crippen LogP contribution in [0.1, 0.15) is 39.2 Å². The van der Waals surface area contributed by atoms with Crippen LogP contribution in [-0.2, 0) is 20.7 Å². The molecule has 0 saturated carbocycles. The highest BCUT2D eigenvalue weighted by Crippen LogP contribution is 2.35. The summed E-state index contributed by atoms with van der Waals surface area (Å²) in [5, 5.41) is 3.30. The van der Waals surface area contributed by atoms with Gasteiger partial charge in [0.25, 0.3) is 0 Å². The van der Waals surface area contributed by atoms with Crippen molar-refractivity contribution in [2.45, 2.75) is 52.1 Å². The second kappa shape index (κ2) is 10.3. The van der Waals surface area contributed by atoms with Gasteiger partial charge in [0, 0.05) is 68.7 Å². The highest BCUT2D eigenvalue weighted by atomic mass is 16.5. The van der Waals surface area contributed by atoms with Crippen molar-refractivity contribution in [2.24, 2.45) is 0 Å². The van der Waals surface area contributed by atoms with E-state index in [0.29, 0.717) is 12.4 Å². The number of rotatable bonds is 7. The molecule has 9 nitrogen and oxygen atoms in total. The number of carbonyl (C=O) groups excluding carboxylic acids is 2. The molecule has 1 aromatic heterocycles. The fraction of sp³-hybridized carbons (Fsp3) is 0.520. The molecule has 4 rings (SSSR count). The van der Waals surface area contributed by atoms with Crippen LogP contribution in [0.15, 0.2) is 30.5 Å². The van der Waals surface area contributed by atoms with Crippen LogP contribution in [0.25, 0.3) is 0 Å². The topological polar surface area (TPSA) is 90.9 Å². The van der Waals surface area contributed by atoms with Crippen molar-refractivity contribution in [3.63, 3.8) is 0 Å². The fourth-order valence-electron chi connectivity index (χ4n) is 4.89. The highest BCUT2D eigenvalue weighted by Gasteiger charge is 2.39. The molecule has 0 spiro atoms. The van der Waals surface area contributed by atoms with Gasteiger partial charge in [0.15, 0.2) is 0 Å². The number of anilines is 4. The number of methoxy groups -OCH3 is 1. The molecule has 34 heavy (non-hydrogen) atoms. The summed E-state index contributed by atoms with van der Waals surface area (Å²) in [7, 11) is 1.43. The maximum absolute atomic E-state index is 12.5. The Hall–Kier alpha value is -3.36. The first-order chi connectivity index (χ1) is 16.4. The average molecular weight is 467 g/mol. The Bertz CT molecular complexity index is 1020. The molecule has 1 aromatic carbocycles. The molecule has 1 amide bonds. The van der Waals surface area contributed by atoms with Crippen LogP contribution in [0, 0.1) is 0 Å². The summed E-state index contributed by atoms with van der Waals surface area (Å²) in [6.07, 6.45) is 4.20. The molecule has 0 aliphatic carbocycles. The van der Waals surface area contributed by atoms with Gasteiger partial charge in [-0.05, 0) is 37.1 Å². The van der Waals surface area contributed by atoms with E-state index in [-0.39, 0.29) is 24.0 Å². The molecule has 2 aliphatic heterocycles. The molecular weight excluding hydrogens is 432 g/mol. The first-order valence-corrected chi connectivity index (χ1v) is 12.0. The van der Waals surface area contributed by atoms with Gasteiger partial charge in [0.2, 0.25) is 11.9 Å². The van der Waals surface area contributed by atoms with Crippen molar-refractivity contribution in [1.29, 1.82) is 0 Å². The van der Waals surface area contributed by atoms with Gasteiger partial charge in [-0.1, -0.05) is 13.8 Å². The fourth-order valence-corrected chi connectivity index (χ4v) is 4.89. The molecule has 1 saturated heterocycles. The van der Waals surface area contributed by atoms with Crippen LogP contribution in [0.3, 0.4) is 0 Å². The second-order valence-electron chi connectivity index (χ2n) is 8.83. The van der Waals surface area contributed by atoms with E-state index in [4.69, 9.17) is 9.72 Å². The first kappa shape index (κ1) is 23.8. The van der Waals surface area contributed by atoms with Gasteiger partial charge in [0.05, 0.1) is 7.11 Å². The zero-order valence-electron chi connectivity index (χ0n) is 20.5. The van der Waals surface area contributed by atoms with Crippen molar-refractivity contribution < 1.29 is 14.3 Å². The average Bonchev–Trinajstić information content (AvgIpc) is 3.24. The van der Waals surface area contributed by atoms with Gasteiger partial charge in [-0.15, -0.1) is 0 Å². The number of esters is 1. The lowest BCUT2D eigenvalue weighted by Crippen LogP contribution is -2.48. The van der Waals surface area contributed by atoms with Gasteiger partial charge < -0.3 is 24.8 Å². The zero-order valence-corrected chi connectivity index (χ0v) is 20.5. The maximum Gasteiger partial charge on any atom is 0.328 e. The predicted molar refractivity (Wildman–Crippen MR) is 133 cm³/mol. The van der Waals surface area contributed by atoms with Gasteiger partial charge in [-0.2, -0.15) is 4.98 Å². The molecule has 182 valence electrons. The molecule has 1 unspecified atom stereocenters. The van der Waals surface area contributed by atoms with Crippen LogP contribution >= 0.6 is 0 Å². The van der Waals surface area contributed by atoms with E-state index >= 15 is 0 Å². The lowest BCUT2D eigenvalue weighted by molar-refractivity contribution is -0.142. The minimum absolute atomic E-state index is 0.134. The molecule has 2 aromatic rings. The third kappa shape index (κ3) is 4.78. The third-order valence-electron chi connectivity index (χ3n) is 6.86. The summed E-state index contributed by atoms with van der Waals surface area (Å²) in [5.41, 5.74) is 2.99. The van der Waals surface area contributed by atoms with Crippen LogP contribution in [0.5, 0.6) is 0 Å². The highest BCUT2D eigenvalue weighted by molar-refractivity contribution is 5.83. The van der Waals surface area contributed by atoms with Crippen molar-refractivity contribution in [2.75, 3.05) is 48.4 Å². The number of hydrogen-bond donors (Lipinski definition) is 1. The summed E-state index contributed by atoms with van der Waals surface area (Å²) in [5.74, 6) is 1.21. The first-order valence-electron chi connectivity index (χ1n) is 12.0. The molecule has 1 N–H and O–H groups in total. The minimum atomic E-state index is -0.364.